The number of rotatable bonds is 5. The van der Waals surface area contributed by atoms with Crippen molar-refractivity contribution in [3.05, 3.63) is 53.3 Å². The van der Waals surface area contributed by atoms with Crippen LogP contribution in [0.25, 0.3) is 11.0 Å². The van der Waals surface area contributed by atoms with Gasteiger partial charge in [0.15, 0.2) is 17.3 Å². The Labute approximate surface area is 157 Å². The molecule has 0 saturated carbocycles. The van der Waals surface area contributed by atoms with E-state index in [2.05, 4.69) is 0 Å². The normalized spacial score (nSPS) is 12.4. The van der Waals surface area contributed by atoms with Gasteiger partial charge in [-0.05, 0) is 49.7 Å². The minimum Gasteiger partial charge on any atom is -0.497 e. The van der Waals surface area contributed by atoms with Gasteiger partial charge in [-0.3, -0.25) is 4.79 Å². The number of nitrogens with zero attached hydrogens (tertiary/aromatic N) is 1. The summed E-state index contributed by atoms with van der Waals surface area (Å²) in [6.45, 7) is 5.11. The summed E-state index contributed by atoms with van der Waals surface area (Å²) < 4.78 is 21.9. The first-order chi connectivity index (χ1) is 13.1. The lowest BCUT2D eigenvalue weighted by atomic mass is 10.1. The second kappa shape index (κ2) is 6.87. The van der Waals surface area contributed by atoms with Crippen molar-refractivity contribution in [3.8, 4) is 17.2 Å². The molecule has 140 valence electrons. The monoisotopic (exact) mass is 367 g/mol. The molecule has 3 aromatic rings. The van der Waals surface area contributed by atoms with Gasteiger partial charge in [0, 0.05) is 24.0 Å². The highest BCUT2D eigenvalue weighted by atomic mass is 16.7. The molecule has 6 heteroatoms. The molecule has 0 N–H and O–H groups in total. The molecule has 6 nitrogen and oxygen atoms in total. The van der Waals surface area contributed by atoms with Crippen molar-refractivity contribution in [2.24, 2.45) is 0 Å². The van der Waals surface area contributed by atoms with Gasteiger partial charge in [-0.15, -0.1) is 0 Å². The molecule has 0 unspecified atom stereocenters. The molecule has 0 saturated heterocycles. The number of ether oxygens (including phenoxy) is 3. The predicted molar refractivity (Wildman–Crippen MR) is 100 cm³/mol. The van der Waals surface area contributed by atoms with Crippen LogP contribution >= 0.6 is 0 Å². The molecule has 0 fully saturated rings. The Balaban J connectivity index is 1.62. The highest BCUT2D eigenvalue weighted by molar-refractivity contribution is 5.99. The third-order valence-corrected chi connectivity index (χ3v) is 4.82. The minimum absolute atomic E-state index is 0.136. The summed E-state index contributed by atoms with van der Waals surface area (Å²) in [5.74, 6) is 2.40. The maximum atomic E-state index is 13.1. The first kappa shape index (κ1) is 17.3. The summed E-state index contributed by atoms with van der Waals surface area (Å²) in [5.41, 5.74) is 2.47. The molecular weight excluding hydrogens is 346 g/mol. The smallest absolute Gasteiger partial charge is 0.290 e. The molecule has 1 aliphatic rings. The predicted octanol–water partition coefficient (Wildman–Crippen LogP) is 4.14. The number of aryl methyl sites for hydroxylation is 1. The summed E-state index contributed by atoms with van der Waals surface area (Å²) >= 11 is 0. The molecule has 1 aromatic heterocycles. The standard InChI is InChI=1S/C21H21NO5/c1-4-22(11-14-5-7-18-19(9-14)26-12-25-18)21(23)20-13(2)16-10-15(24-3)6-8-17(16)27-20/h5-10H,4,11-12H2,1-3H3. The van der Waals surface area contributed by atoms with Crippen LogP contribution < -0.4 is 14.2 Å². The number of methoxy groups -OCH3 is 1. The molecule has 1 aliphatic heterocycles. The van der Waals surface area contributed by atoms with Gasteiger partial charge in [-0.25, -0.2) is 0 Å². The summed E-state index contributed by atoms with van der Waals surface area (Å²) in [6, 6.07) is 11.3. The molecule has 1 amide bonds. The summed E-state index contributed by atoms with van der Waals surface area (Å²) in [4.78, 5) is 14.9. The van der Waals surface area contributed by atoms with E-state index in [9.17, 15) is 4.79 Å². The zero-order valence-corrected chi connectivity index (χ0v) is 15.6. The van der Waals surface area contributed by atoms with E-state index in [1.165, 1.54) is 0 Å². The Morgan fingerprint density at radius 2 is 1.96 bits per heavy atom. The molecule has 0 spiro atoms. The van der Waals surface area contributed by atoms with Gasteiger partial charge in [0.25, 0.3) is 5.91 Å². The Hall–Kier alpha value is -3.15. The zero-order valence-electron chi connectivity index (χ0n) is 15.6. The molecule has 0 aliphatic carbocycles. The fraction of sp³-hybridized carbons (Fsp3) is 0.286. The molecule has 27 heavy (non-hydrogen) atoms. The summed E-state index contributed by atoms with van der Waals surface area (Å²) in [5, 5.41) is 0.886. The van der Waals surface area contributed by atoms with Crippen LogP contribution in [-0.4, -0.2) is 31.3 Å². The van der Waals surface area contributed by atoms with Gasteiger partial charge in [0.05, 0.1) is 7.11 Å². The van der Waals surface area contributed by atoms with Gasteiger partial charge < -0.3 is 23.5 Å². The van der Waals surface area contributed by atoms with Crippen LogP contribution in [0.1, 0.15) is 28.6 Å². The van der Waals surface area contributed by atoms with Crippen LogP contribution in [0.3, 0.4) is 0 Å². The van der Waals surface area contributed by atoms with E-state index in [1.54, 1.807) is 12.0 Å². The average Bonchev–Trinajstić information content (AvgIpc) is 3.29. The van der Waals surface area contributed by atoms with E-state index in [0.29, 0.717) is 30.2 Å². The van der Waals surface area contributed by atoms with E-state index >= 15 is 0 Å². The lowest BCUT2D eigenvalue weighted by Gasteiger charge is -2.20. The van der Waals surface area contributed by atoms with E-state index in [0.717, 1.165) is 28.0 Å². The van der Waals surface area contributed by atoms with Crippen LogP contribution in [0.4, 0.5) is 0 Å². The van der Waals surface area contributed by atoms with Crippen molar-refractivity contribution < 1.29 is 23.4 Å². The number of hydrogen-bond acceptors (Lipinski definition) is 5. The quantitative estimate of drug-likeness (QED) is 0.678. The summed E-state index contributed by atoms with van der Waals surface area (Å²) in [7, 11) is 1.62. The Bertz CT molecular complexity index is 1010. The second-order valence-electron chi connectivity index (χ2n) is 6.43. The number of furan rings is 1. The zero-order chi connectivity index (χ0) is 19.0. The van der Waals surface area contributed by atoms with Crippen LogP contribution in [-0.2, 0) is 6.54 Å². The number of benzene rings is 2. The van der Waals surface area contributed by atoms with Crippen LogP contribution in [0.5, 0.6) is 17.2 Å². The molecule has 0 radical (unpaired) electrons. The van der Waals surface area contributed by atoms with Crippen LogP contribution in [0.2, 0.25) is 0 Å². The van der Waals surface area contributed by atoms with Gasteiger partial charge in [0.1, 0.15) is 11.3 Å². The second-order valence-corrected chi connectivity index (χ2v) is 6.43. The van der Waals surface area contributed by atoms with Crippen molar-refractivity contribution in [2.75, 3.05) is 20.4 Å². The first-order valence-corrected chi connectivity index (χ1v) is 8.85. The summed E-state index contributed by atoms with van der Waals surface area (Å²) in [6.07, 6.45) is 0. The topological polar surface area (TPSA) is 61.1 Å². The fourth-order valence-electron chi connectivity index (χ4n) is 3.26. The maximum absolute atomic E-state index is 13.1. The molecule has 4 rings (SSSR count). The van der Waals surface area contributed by atoms with Gasteiger partial charge in [-0.2, -0.15) is 0 Å². The van der Waals surface area contributed by atoms with Crippen LogP contribution in [0.15, 0.2) is 40.8 Å². The highest BCUT2D eigenvalue weighted by Crippen LogP contribution is 2.33. The molecule has 2 aromatic carbocycles. The molecular formula is C21H21NO5. The van der Waals surface area contributed by atoms with Crippen molar-refractivity contribution in [3.63, 3.8) is 0 Å². The van der Waals surface area contributed by atoms with E-state index in [-0.39, 0.29) is 12.7 Å². The third kappa shape index (κ3) is 3.07. The van der Waals surface area contributed by atoms with E-state index in [4.69, 9.17) is 18.6 Å². The molecule has 2 heterocycles. The lowest BCUT2D eigenvalue weighted by Crippen LogP contribution is -2.30. The Kier molecular flexibility index (Phi) is 4.39. The minimum atomic E-state index is -0.136. The molecule has 0 bridgehead atoms. The average molecular weight is 367 g/mol. The largest absolute Gasteiger partial charge is 0.497 e. The highest BCUT2D eigenvalue weighted by Gasteiger charge is 2.23. The van der Waals surface area contributed by atoms with Crippen molar-refractivity contribution >= 4 is 16.9 Å². The number of carbonyl (C=O) groups is 1. The van der Waals surface area contributed by atoms with Gasteiger partial charge >= 0.3 is 0 Å². The van der Waals surface area contributed by atoms with Gasteiger partial charge in [0.2, 0.25) is 6.79 Å². The third-order valence-electron chi connectivity index (χ3n) is 4.82. The van der Waals surface area contributed by atoms with Gasteiger partial charge in [-0.1, -0.05) is 6.07 Å². The number of amides is 1. The maximum Gasteiger partial charge on any atom is 0.290 e. The number of hydrogen-bond donors (Lipinski definition) is 0. The SMILES string of the molecule is CCN(Cc1ccc2c(c1)OCO2)C(=O)c1oc2ccc(OC)cc2c1C. The van der Waals surface area contributed by atoms with E-state index < -0.39 is 0 Å². The Morgan fingerprint density at radius 3 is 2.74 bits per heavy atom. The molecule has 0 atom stereocenters. The Morgan fingerprint density at radius 1 is 1.15 bits per heavy atom. The first-order valence-electron chi connectivity index (χ1n) is 8.85. The fourth-order valence-corrected chi connectivity index (χ4v) is 3.26. The van der Waals surface area contributed by atoms with Crippen molar-refractivity contribution in [2.45, 2.75) is 20.4 Å². The number of fused-ring (bicyclic) bond motifs is 2. The lowest BCUT2D eigenvalue weighted by molar-refractivity contribution is 0.0721. The van der Waals surface area contributed by atoms with Crippen molar-refractivity contribution in [1.29, 1.82) is 0 Å². The van der Waals surface area contributed by atoms with Crippen LogP contribution in [0, 0.1) is 6.92 Å². The van der Waals surface area contributed by atoms with E-state index in [1.807, 2.05) is 50.2 Å². The van der Waals surface area contributed by atoms with Crippen molar-refractivity contribution in [1.82, 2.24) is 4.90 Å². The number of carbonyl (C=O) groups excluding carboxylic acids is 1.